The van der Waals surface area contributed by atoms with Crippen LogP contribution in [0.4, 0.5) is 0 Å². The maximum Gasteiger partial charge on any atom is 0.139 e. The van der Waals surface area contributed by atoms with Gasteiger partial charge in [0.25, 0.3) is 0 Å². The first-order chi connectivity index (χ1) is 15.0. The summed E-state index contributed by atoms with van der Waals surface area (Å²) in [4.78, 5) is 12.9. The maximum absolute atomic E-state index is 12.9. The van der Waals surface area contributed by atoms with Crippen molar-refractivity contribution >= 4 is 11.4 Å². The third kappa shape index (κ3) is 4.33. The second-order valence-electron chi connectivity index (χ2n) is 10.1. The molecule has 0 heterocycles. The molecule has 0 amide bonds. The molecule has 5 aliphatic carbocycles. The van der Waals surface area contributed by atoms with Crippen molar-refractivity contribution in [3.63, 3.8) is 0 Å². The second kappa shape index (κ2) is 10.2. The molecule has 2 radical (unpaired) electrons. The molecule has 0 saturated heterocycles. The van der Waals surface area contributed by atoms with Crippen molar-refractivity contribution in [2.24, 2.45) is 16.7 Å². The standard InChI is InChI=1S/C25H28O.C5H5.CH3.Co/c1-24-15-7-6-10-18(24)11-12-19-21-13-14-22(26)25(21,2)16-20(23(19)24)17-8-4-3-5-9-17;1-2-4-5-3-1;;/h3-5,8-9,11-12,21H,6-7,10,13-16H2,1-2H3;1-5H;1H3;/q;;-1;/t21?,24-,25+;;;/m1.../s1. The van der Waals surface area contributed by atoms with Crippen LogP contribution in [-0.4, -0.2) is 5.78 Å². The minimum atomic E-state index is -0.211. The molecule has 0 aromatic heterocycles. The van der Waals surface area contributed by atoms with Gasteiger partial charge in [0.2, 0.25) is 0 Å². The Bertz CT molecular complexity index is 1030. The van der Waals surface area contributed by atoms with Crippen LogP contribution >= 0.6 is 0 Å². The van der Waals surface area contributed by atoms with Crippen molar-refractivity contribution in [1.29, 1.82) is 0 Å². The summed E-state index contributed by atoms with van der Waals surface area (Å²) in [5.41, 5.74) is 7.40. The van der Waals surface area contributed by atoms with Crippen LogP contribution in [0.5, 0.6) is 0 Å². The van der Waals surface area contributed by atoms with Gasteiger partial charge in [-0.2, -0.15) is 0 Å². The minimum Gasteiger partial charge on any atom is -0.358 e. The fourth-order valence-electron chi connectivity index (χ4n) is 6.63. The zero-order valence-corrected chi connectivity index (χ0v) is 21.2. The molecule has 176 valence electrons. The average molecular weight is 484 g/mol. The summed E-state index contributed by atoms with van der Waals surface area (Å²) in [5.74, 6) is 0.883. The maximum atomic E-state index is 12.9. The van der Waals surface area contributed by atoms with Gasteiger partial charge in [-0.3, -0.25) is 4.79 Å². The van der Waals surface area contributed by atoms with E-state index in [1.807, 2.05) is 30.7 Å². The Morgan fingerprint density at radius 1 is 0.909 bits per heavy atom. The summed E-state index contributed by atoms with van der Waals surface area (Å²) in [6.45, 7) is 4.71. The average Bonchev–Trinajstić information content (AvgIpc) is 3.46. The van der Waals surface area contributed by atoms with E-state index in [0.717, 1.165) is 19.3 Å². The number of carbonyl (C=O) groups excluding carboxylic acids is 1. The van der Waals surface area contributed by atoms with Crippen LogP contribution in [0.15, 0.2) is 83.5 Å². The molecule has 6 rings (SSSR count). The SMILES string of the molecule is C[C@@]12CCCCC1=CC=C1C2=C(c2ccccc2)C[C@]2(C)C(=O)CCC12.[CH3-].[CH]1C=CC=C1.[Co]. The van der Waals surface area contributed by atoms with Crippen LogP contribution in [-0.2, 0) is 21.6 Å². The normalized spacial score (nSPS) is 31.1. The van der Waals surface area contributed by atoms with Crippen molar-refractivity contribution in [1.82, 2.24) is 0 Å². The van der Waals surface area contributed by atoms with Crippen LogP contribution in [0.25, 0.3) is 5.57 Å². The summed E-state index contributed by atoms with van der Waals surface area (Å²) in [7, 11) is 0. The first kappa shape index (κ1) is 25.7. The largest absolute Gasteiger partial charge is 0.358 e. The molecule has 1 unspecified atom stereocenters. The van der Waals surface area contributed by atoms with Gasteiger partial charge in [-0.1, -0.05) is 92.6 Å². The van der Waals surface area contributed by atoms with Crippen molar-refractivity contribution < 1.29 is 21.6 Å². The number of fused-ring (bicyclic) bond motifs is 5. The molecule has 2 fully saturated rings. The van der Waals surface area contributed by atoms with Gasteiger partial charge in [-0.25, -0.2) is 0 Å². The van der Waals surface area contributed by atoms with Crippen molar-refractivity contribution in [2.45, 2.75) is 58.8 Å². The molecule has 0 aliphatic heterocycles. The van der Waals surface area contributed by atoms with E-state index in [1.165, 1.54) is 42.4 Å². The Morgan fingerprint density at radius 2 is 1.64 bits per heavy atom. The van der Waals surface area contributed by atoms with E-state index in [4.69, 9.17) is 0 Å². The Labute approximate surface area is 211 Å². The number of Topliss-reactive ketones (excluding diaryl/α,β-unsaturated/α-hetero) is 1. The van der Waals surface area contributed by atoms with Gasteiger partial charge < -0.3 is 7.43 Å². The number of allylic oxidation sites excluding steroid dienone is 10. The van der Waals surface area contributed by atoms with Gasteiger partial charge in [0.05, 0.1) is 0 Å². The van der Waals surface area contributed by atoms with Crippen molar-refractivity contribution in [3.05, 3.63) is 103 Å². The molecule has 1 nitrogen and oxygen atoms in total. The van der Waals surface area contributed by atoms with Gasteiger partial charge in [0, 0.05) is 40.5 Å². The third-order valence-corrected chi connectivity index (χ3v) is 8.35. The Kier molecular flexibility index (Phi) is 7.91. The van der Waals surface area contributed by atoms with Crippen molar-refractivity contribution in [3.8, 4) is 0 Å². The van der Waals surface area contributed by atoms with Crippen molar-refractivity contribution in [2.75, 3.05) is 0 Å². The Balaban J connectivity index is 0.000000391. The van der Waals surface area contributed by atoms with E-state index in [9.17, 15) is 4.79 Å². The van der Waals surface area contributed by atoms with E-state index >= 15 is 0 Å². The molecular weight excluding hydrogens is 447 g/mol. The van der Waals surface area contributed by atoms with Crippen LogP contribution in [0.2, 0.25) is 0 Å². The zero-order chi connectivity index (χ0) is 21.5. The summed E-state index contributed by atoms with van der Waals surface area (Å²) >= 11 is 0. The molecule has 1 aromatic rings. The Hall–Kier alpha value is -1.90. The van der Waals surface area contributed by atoms with Gasteiger partial charge in [-0.05, 0) is 60.3 Å². The molecular formula is C31H36CoO-. The summed E-state index contributed by atoms with van der Waals surface area (Å²) in [6.07, 6.45) is 22.6. The molecule has 2 saturated carbocycles. The van der Waals surface area contributed by atoms with Crippen LogP contribution in [0, 0.1) is 30.6 Å². The number of hydrogen-bond acceptors (Lipinski definition) is 1. The molecule has 0 spiro atoms. The zero-order valence-electron chi connectivity index (χ0n) is 20.2. The molecule has 0 bridgehead atoms. The number of rotatable bonds is 1. The van der Waals surface area contributed by atoms with E-state index in [1.54, 1.807) is 11.1 Å². The molecule has 0 N–H and O–H groups in total. The van der Waals surface area contributed by atoms with Gasteiger partial charge in [0.15, 0.2) is 0 Å². The number of carbonyl (C=O) groups is 1. The molecule has 3 atom stereocenters. The van der Waals surface area contributed by atoms with Gasteiger partial charge in [-0.15, -0.1) is 0 Å². The predicted molar refractivity (Wildman–Crippen MR) is 136 cm³/mol. The van der Waals surface area contributed by atoms with Crippen LogP contribution in [0.1, 0.15) is 64.4 Å². The van der Waals surface area contributed by atoms with Crippen LogP contribution in [0.3, 0.4) is 0 Å². The fraction of sp³-hybridized carbons (Fsp3) is 0.387. The summed E-state index contributed by atoms with van der Waals surface area (Å²) in [5, 5.41) is 0. The quantitative estimate of drug-likeness (QED) is 0.370. The smallest absolute Gasteiger partial charge is 0.139 e. The first-order valence-electron chi connectivity index (χ1n) is 11.9. The minimum absolute atomic E-state index is 0. The summed E-state index contributed by atoms with van der Waals surface area (Å²) < 4.78 is 0. The molecule has 33 heavy (non-hydrogen) atoms. The Morgan fingerprint density at radius 3 is 2.30 bits per heavy atom. The van der Waals surface area contributed by atoms with E-state index in [0.29, 0.717) is 11.7 Å². The molecule has 1 aromatic carbocycles. The first-order valence-corrected chi connectivity index (χ1v) is 11.9. The predicted octanol–water partition coefficient (Wildman–Crippen LogP) is 8.04. The van der Waals surface area contributed by atoms with Gasteiger partial charge >= 0.3 is 0 Å². The monoisotopic (exact) mass is 483 g/mol. The number of hydrogen-bond donors (Lipinski definition) is 0. The molecule has 5 aliphatic rings. The van der Waals surface area contributed by atoms with Gasteiger partial charge in [0.1, 0.15) is 5.78 Å². The third-order valence-electron chi connectivity index (χ3n) is 8.35. The number of ketones is 1. The second-order valence-corrected chi connectivity index (χ2v) is 10.1. The van der Waals surface area contributed by atoms with E-state index in [2.05, 4.69) is 56.3 Å². The van der Waals surface area contributed by atoms with Crippen LogP contribution < -0.4 is 0 Å². The summed E-state index contributed by atoms with van der Waals surface area (Å²) in [6, 6.07) is 10.9. The van der Waals surface area contributed by atoms with E-state index < -0.39 is 0 Å². The van der Waals surface area contributed by atoms with E-state index in [-0.39, 0.29) is 35.0 Å². The number of benzene rings is 1. The molecule has 2 heteroatoms. The fourth-order valence-corrected chi connectivity index (χ4v) is 6.63. The topological polar surface area (TPSA) is 17.1 Å².